The van der Waals surface area contributed by atoms with Crippen LogP contribution in [0.15, 0.2) is 24.3 Å². The molecule has 1 aromatic carbocycles. The van der Waals surface area contributed by atoms with Crippen LogP contribution in [0.2, 0.25) is 0 Å². The van der Waals surface area contributed by atoms with E-state index < -0.39 is 0 Å². The Morgan fingerprint density at radius 1 is 1.20 bits per heavy atom. The van der Waals surface area contributed by atoms with Crippen molar-refractivity contribution in [2.75, 3.05) is 11.4 Å². The summed E-state index contributed by atoms with van der Waals surface area (Å²) in [6, 6.07) is 8.56. The van der Waals surface area contributed by atoms with E-state index in [1.807, 2.05) is 11.0 Å². The third kappa shape index (κ3) is 2.99. The van der Waals surface area contributed by atoms with Crippen molar-refractivity contribution >= 4 is 24.0 Å². The molecular formula is C16H23ClN2O. The van der Waals surface area contributed by atoms with Gasteiger partial charge in [0.25, 0.3) is 0 Å². The fraction of sp³-hybridized carbons (Fsp3) is 0.562. The summed E-state index contributed by atoms with van der Waals surface area (Å²) in [5, 5.41) is 0. The summed E-state index contributed by atoms with van der Waals surface area (Å²) in [6.45, 7) is 0.863. The van der Waals surface area contributed by atoms with Crippen LogP contribution in [-0.2, 0) is 11.2 Å². The molecule has 1 aliphatic carbocycles. The van der Waals surface area contributed by atoms with Gasteiger partial charge in [0.15, 0.2) is 0 Å². The lowest BCUT2D eigenvalue weighted by atomic mass is 10.0. The molecule has 2 atom stereocenters. The van der Waals surface area contributed by atoms with E-state index in [9.17, 15) is 4.79 Å². The lowest BCUT2D eigenvalue weighted by Gasteiger charge is -2.26. The zero-order valence-electron chi connectivity index (χ0n) is 11.8. The minimum atomic E-state index is 0. The number of carbonyl (C=O) groups excluding carboxylic acids is 1. The molecule has 3 rings (SSSR count). The number of hydrogen-bond donors (Lipinski definition) is 1. The standard InChI is InChI=1S/C16H22N2O.ClH/c17-14-9-8-13(11-14)16(19)18-10-4-3-6-12-5-1-2-7-15(12)18;/h1-2,5,7,13-14H,3-4,6,8-11,17H2;1H. The van der Waals surface area contributed by atoms with Crippen LogP contribution in [-0.4, -0.2) is 18.5 Å². The zero-order chi connectivity index (χ0) is 13.2. The highest BCUT2D eigenvalue weighted by Gasteiger charge is 2.32. The highest BCUT2D eigenvalue weighted by atomic mass is 35.5. The molecule has 0 saturated heterocycles. The van der Waals surface area contributed by atoms with Crippen molar-refractivity contribution in [2.24, 2.45) is 11.7 Å². The normalized spacial score (nSPS) is 25.6. The van der Waals surface area contributed by atoms with Crippen molar-refractivity contribution < 1.29 is 4.79 Å². The van der Waals surface area contributed by atoms with Crippen LogP contribution in [0.1, 0.15) is 37.7 Å². The van der Waals surface area contributed by atoms with Crippen molar-refractivity contribution in [1.82, 2.24) is 0 Å². The van der Waals surface area contributed by atoms with Crippen molar-refractivity contribution in [3.8, 4) is 0 Å². The molecule has 0 aromatic heterocycles. The van der Waals surface area contributed by atoms with Crippen LogP contribution >= 0.6 is 12.4 Å². The molecule has 4 heteroatoms. The molecule has 1 heterocycles. The molecular weight excluding hydrogens is 272 g/mol. The summed E-state index contributed by atoms with van der Waals surface area (Å²) in [5.41, 5.74) is 8.39. The van der Waals surface area contributed by atoms with Crippen molar-refractivity contribution in [2.45, 2.75) is 44.6 Å². The smallest absolute Gasteiger partial charge is 0.230 e. The maximum Gasteiger partial charge on any atom is 0.230 e. The molecule has 1 aromatic rings. The van der Waals surface area contributed by atoms with Gasteiger partial charge in [-0.2, -0.15) is 0 Å². The minimum Gasteiger partial charge on any atom is -0.328 e. The average molecular weight is 295 g/mol. The fourth-order valence-corrected chi connectivity index (χ4v) is 3.38. The van der Waals surface area contributed by atoms with Gasteiger partial charge in [0, 0.05) is 24.2 Å². The predicted molar refractivity (Wildman–Crippen MR) is 84.3 cm³/mol. The van der Waals surface area contributed by atoms with Crippen LogP contribution in [0, 0.1) is 5.92 Å². The number of hydrogen-bond acceptors (Lipinski definition) is 2. The van der Waals surface area contributed by atoms with E-state index in [2.05, 4.69) is 18.2 Å². The zero-order valence-corrected chi connectivity index (χ0v) is 12.6. The first kappa shape index (κ1) is 15.3. The topological polar surface area (TPSA) is 46.3 Å². The molecule has 0 spiro atoms. The Morgan fingerprint density at radius 2 is 2.00 bits per heavy atom. The molecule has 1 fully saturated rings. The van der Waals surface area contributed by atoms with Crippen LogP contribution in [0.4, 0.5) is 5.69 Å². The Labute approximate surface area is 126 Å². The van der Waals surface area contributed by atoms with E-state index in [-0.39, 0.29) is 24.4 Å². The number of amides is 1. The van der Waals surface area contributed by atoms with Gasteiger partial charge in [-0.3, -0.25) is 4.79 Å². The van der Waals surface area contributed by atoms with Gasteiger partial charge in [-0.05, 0) is 50.2 Å². The van der Waals surface area contributed by atoms with E-state index in [1.54, 1.807) is 0 Å². The number of nitrogens with zero attached hydrogens (tertiary/aromatic N) is 1. The van der Waals surface area contributed by atoms with Gasteiger partial charge >= 0.3 is 0 Å². The number of rotatable bonds is 1. The predicted octanol–water partition coefficient (Wildman–Crippen LogP) is 2.91. The Kier molecular flexibility index (Phi) is 5.06. The Bertz CT molecular complexity index is 477. The molecule has 0 radical (unpaired) electrons. The molecule has 110 valence electrons. The second-order valence-corrected chi connectivity index (χ2v) is 5.85. The lowest BCUT2D eigenvalue weighted by molar-refractivity contribution is -0.122. The number of carbonyl (C=O) groups is 1. The van der Waals surface area contributed by atoms with E-state index in [1.165, 1.54) is 12.0 Å². The fourth-order valence-electron chi connectivity index (χ4n) is 3.38. The molecule has 1 saturated carbocycles. The van der Waals surface area contributed by atoms with Gasteiger partial charge in [-0.15, -0.1) is 12.4 Å². The second-order valence-electron chi connectivity index (χ2n) is 5.85. The summed E-state index contributed by atoms with van der Waals surface area (Å²) in [4.78, 5) is 14.8. The van der Waals surface area contributed by atoms with Crippen LogP contribution < -0.4 is 10.6 Å². The molecule has 20 heavy (non-hydrogen) atoms. The first-order valence-corrected chi connectivity index (χ1v) is 7.40. The van der Waals surface area contributed by atoms with E-state index in [0.29, 0.717) is 5.91 Å². The average Bonchev–Trinajstić information content (AvgIpc) is 2.74. The van der Waals surface area contributed by atoms with Crippen molar-refractivity contribution in [3.63, 3.8) is 0 Å². The number of para-hydroxylation sites is 1. The first-order valence-electron chi connectivity index (χ1n) is 7.40. The van der Waals surface area contributed by atoms with Gasteiger partial charge in [-0.25, -0.2) is 0 Å². The summed E-state index contributed by atoms with van der Waals surface area (Å²) in [7, 11) is 0. The first-order chi connectivity index (χ1) is 9.25. The number of aryl methyl sites for hydroxylation is 1. The SMILES string of the molecule is Cl.NC1CCC(C(=O)N2CCCCc3ccccc32)C1. The summed E-state index contributed by atoms with van der Waals surface area (Å²) < 4.78 is 0. The van der Waals surface area contributed by atoms with Crippen molar-refractivity contribution in [3.05, 3.63) is 29.8 Å². The van der Waals surface area contributed by atoms with E-state index in [4.69, 9.17) is 5.73 Å². The van der Waals surface area contributed by atoms with Gasteiger partial charge in [0.2, 0.25) is 5.91 Å². The summed E-state index contributed by atoms with van der Waals surface area (Å²) in [6.07, 6.45) is 6.16. The van der Waals surface area contributed by atoms with Gasteiger partial charge in [0.1, 0.15) is 0 Å². The summed E-state index contributed by atoms with van der Waals surface area (Å²) in [5.74, 6) is 0.434. The highest BCUT2D eigenvalue weighted by Crippen LogP contribution is 2.31. The van der Waals surface area contributed by atoms with Crippen LogP contribution in [0.3, 0.4) is 0 Å². The number of halogens is 1. The van der Waals surface area contributed by atoms with Gasteiger partial charge in [0.05, 0.1) is 0 Å². The third-order valence-corrected chi connectivity index (χ3v) is 4.45. The largest absolute Gasteiger partial charge is 0.328 e. The molecule has 2 unspecified atom stereocenters. The second kappa shape index (κ2) is 6.59. The molecule has 2 aliphatic rings. The van der Waals surface area contributed by atoms with E-state index >= 15 is 0 Å². The number of benzene rings is 1. The van der Waals surface area contributed by atoms with Gasteiger partial charge in [-0.1, -0.05) is 18.2 Å². The number of fused-ring (bicyclic) bond motifs is 1. The molecule has 2 N–H and O–H groups in total. The van der Waals surface area contributed by atoms with Crippen LogP contribution in [0.5, 0.6) is 0 Å². The summed E-state index contributed by atoms with van der Waals surface area (Å²) >= 11 is 0. The highest BCUT2D eigenvalue weighted by molar-refractivity contribution is 5.96. The molecule has 0 bridgehead atoms. The third-order valence-electron chi connectivity index (χ3n) is 4.45. The lowest BCUT2D eigenvalue weighted by Crippen LogP contribution is -2.36. The minimum absolute atomic E-state index is 0. The maximum absolute atomic E-state index is 12.7. The number of anilines is 1. The Morgan fingerprint density at radius 3 is 2.75 bits per heavy atom. The monoisotopic (exact) mass is 294 g/mol. The number of nitrogens with two attached hydrogens (primary N) is 1. The molecule has 1 amide bonds. The van der Waals surface area contributed by atoms with Crippen LogP contribution in [0.25, 0.3) is 0 Å². The van der Waals surface area contributed by atoms with E-state index in [0.717, 1.165) is 44.3 Å². The van der Waals surface area contributed by atoms with Crippen molar-refractivity contribution in [1.29, 1.82) is 0 Å². The Hall–Kier alpha value is -1.06. The molecule has 3 nitrogen and oxygen atoms in total. The Balaban J connectivity index is 0.00000147. The molecule has 1 aliphatic heterocycles. The van der Waals surface area contributed by atoms with Gasteiger partial charge < -0.3 is 10.6 Å². The maximum atomic E-state index is 12.7. The quantitative estimate of drug-likeness (QED) is 0.866.